The fourth-order valence-electron chi connectivity index (χ4n) is 5.28. The summed E-state index contributed by atoms with van der Waals surface area (Å²) in [4.78, 5) is 7.40. The molecule has 0 aromatic carbocycles. The molecule has 2 N–H and O–H groups in total. The lowest BCUT2D eigenvalue weighted by Crippen LogP contribution is -2.72. The van der Waals surface area contributed by atoms with Crippen LogP contribution in [0.25, 0.3) is 0 Å². The van der Waals surface area contributed by atoms with E-state index in [0.717, 1.165) is 52.0 Å². The van der Waals surface area contributed by atoms with Crippen molar-refractivity contribution in [2.24, 2.45) is 16.3 Å². The van der Waals surface area contributed by atoms with Crippen LogP contribution in [0, 0.1) is 11.3 Å². The minimum absolute atomic E-state index is 0. The van der Waals surface area contributed by atoms with Gasteiger partial charge in [0.1, 0.15) is 0 Å². The van der Waals surface area contributed by atoms with Crippen LogP contribution in [0.3, 0.4) is 0 Å². The first-order chi connectivity index (χ1) is 12.2. The normalized spacial score (nSPS) is 34.2. The fraction of sp³-hybridized carbons (Fsp3) is 0.947. The maximum Gasteiger partial charge on any atom is 0.191 e. The number of halogens is 1. The Kier molecular flexibility index (Phi) is 7.07. The van der Waals surface area contributed by atoms with E-state index in [0.29, 0.717) is 29.5 Å². The van der Waals surface area contributed by atoms with E-state index in [9.17, 15) is 0 Å². The van der Waals surface area contributed by atoms with Crippen molar-refractivity contribution < 1.29 is 9.47 Å². The molecule has 0 amide bonds. The summed E-state index contributed by atoms with van der Waals surface area (Å²) in [5, 5.41) is 7.25. The topological polar surface area (TPSA) is 58.1 Å². The highest BCUT2D eigenvalue weighted by molar-refractivity contribution is 14.0. The molecule has 2 saturated heterocycles. The van der Waals surface area contributed by atoms with E-state index in [-0.39, 0.29) is 24.0 Å². The zero-order valence-electron chi connectivity index (χ0n) is 16.2. The zero-order chi connectivity index (χ0) is 17.3. The highest BCUT2D eigenvalue weighted by Gasteiger charge is 2.66. The van der Waals surface area contributed by atoms with Gasteiger partial charge >= 0.3 is 0 Å². The van der Waals surface area contributed by atoms with Gasteiger partial charge in [-0.05, 0) is 33.1 Å². The molecule has 2 aliphatic carbocycles. The molecule has 4 atom stereocenters. The van der Waals surface area contributed by atoms with Gasteiger partial charge in [0.25, 0.3) is 0 Å². The van der Waals surface area contributed by atoms with E-state index in [1.165, 1.54) is 25.7 Å². The second kappa shape index (κ2) is 8.92. The largest absolute Gasteiger partial charge is 0.379 e. The van der Waals surface area contributed by atoms with E-state index in [4.69, 9.17) is 14.5 Å². The highest BCUT2D eigenvalue weighted by atomic mass is 127. The van der Waals surface area contributed by atoms with Crippen LogP contribution in [0.15, 0.2) is 4.99 Å². The molecule has 4 fully saturated rings. The van der Waals surface area contributed by atoms with Crippen molar-refractivity contribution in [3.05, 3.63) is 0 Å². The summed E-state index contributed by atoms with van der Waals surface area (Å²) in [7, 11) is 0. The van der Waals surface area contributed by atoms with Crippen LogP contribution >= 0.6 is 24.0 Å². The number of rotatable bonds is 5. The molecule has 0 aromatic heterocycles. The summed E-state index contributed by atoms with van der Waals surface area (Å²) in [6.45, 7) is 10.8. The summed E-state index contributed by atoms with van der Waals surface area (Å²) in [5.41, 5.74) is 0.396. The predicted octanol–water partition coefficient (Wildman–Crippen LogP) is 1.84. The quantitative estimate of drug-likeness (QED) is 0.359. The summed E-state index contributed by atoms with van der Waals surface area (Å²) < 4.78 is 11.5. The van der Waals surface area contributed by atoms with Crippen LogP contribution in [0.5, 0.6) is 0 Å². The van der Waals surface area contributed by atoms with Crippen molar-refractivity contribution >= 4 is 29.9 Å². The van der Waals surface area contributed by atoms with Gasteiger partial charge in [-0.15, -0.1) is 24.0 Å². The molecule has 1 spiro atoms. The molecule has 7 heteroatoms. The molecule has 4 aliphatic rings. The van der Waals surface area contributed by atoms with Crippen LogP contribution in [-0.4, -0.2) is 75.0 Å². The van der Waals surface area contributed by atoms with Crippen LogP contribution < -0.4 is 10.6 Å². The Morgan fingerprint density at radius 2 is 2.04 bits per heavy atom. The number of fused-ring (bicyclic) bond motifs is 2. The van der Waals surface area contributed by atoms with E-state index in [1.54, 1.807) is 0 Å². The first kappa shape index (κ1) is 20.6. The second-order valence-corrected chi connectivity index (χ2v) is 8.17. The third-order valence-corrected chi connectivity index (χ3v) is 6.86. The minimum atomic E-state index is 0. The molecule has 4 rings (SSSR count). The second-order valence-electron chi connectivity index (χ2n) is 8.17. The van der Waals surface area contributed by atoms with Crippen molar-refractivity contribution in [1.82, 2.24) is 15.5 Å². The zero-order valence-corrected chi connectivity index (χ0v) is 18.5. The highest BCUT2D eigenvalue weighted by Crippen LogP contribution is 2.62. The number of hydrogen-bond donors (Lipinski definition) is 2. The van der Waals surface area contributed by atoms with Crippen LogP contribution in [0.4, 0.5) is 0 Å². The van der Waals surface area contributed by atoms with Gasteiger partial charge in [-0.2, -0.15) is 0 Å². The monoisotopic (exact) mass is 478 g/mol. The number of nitrogens with one attached hydrogen (secondary N) is 2. The Morgan fingerprint density at radius 3 is 2.69 bits per heavy atom. The number of ether oxygens (including phenoxy) is 2. The molecule has 26 heavy (non-hydrogen) atoms. The summed E-state index contributed by atoms with van der Waals surface area (Å²) in [6, 6.07) is 1.01. The Labute approximate surface area is 174 Å². The molecule has 4 unspecified atom stereocenters. The average molecular weight is 478 g/mol. The molecule has 2 heterocycles. The molecule has 0 bridgehead atoms. The molecule has 2 saturated carbocycles. The number of hydrogen-bond acceptors (Lipinski definition) is 4. The van der Waals surface area contributed by atoms with E-state index >= 15 is 0 Å². The minimum Gasteiger partial charge on any atom is -0.379 e. The summed E-state index contributed by atoms with van der Waals surface area (Å²) in [6.07, 6.45) is 5.69. The smallest absolute Gasteiger partial charge is 0.191 e. The molecular weight excluding hydrogens is 443 g/mol. The van der Waals surface area contributed by atoms with Crippen molar-refractivity contribution in [2.75, 3.05) is 46.0 Å². The number of aliphatic imine (C=N–C) groups is 1. The van der Waals surface area contributed by atoms with Gasteiger partial charge < -0.3 is 20.1 Å². The van der Waals surface area contributed by atoms with Crippen LogP contribution in [0.2, 0.25) is 0 Å². The third kappa shape index (κ3) is 3.73. The Balaban J connectivity index is 0.00000196. The maximum atomic E-state index is 6.04. The molecule has 0 aromatic rings. The molecular formula is C19H35IN4O2. The van der Waals surface area contributed by atoms with Gasteiger partial charge in [0.05, 0.1) is 25.9 Å². The van der Waals surface area contributed by atoms with Gasteiger partial charge in [-0.25, -0.2) is 0 Å². The van der Waals surface area contributed by atoms with E-state index in [2.05, 4.69) is 29.4 Å². The standard InChI is InChI=1S/C19H34N4O2.HI/c1-3-20-18(21-13-14(2)23-8-11-24-12-9-23)22-16-15-5-10-25-17(15)19(16)6-4-7-19;/h14-17H,3-13H2,1-2H3,(H2,20,21,22);1H. The number of morpholine rings is 1. The first-order valence-electron chi connectivity index (χ1n) is 10.2. The van der Waals surface area contributed by atoms with Gasteiger partial charge in [0.2, 0.25) is 0 Å². The fourth-order valence-corrected chi connectivity index (χ4v) is 5.28. The lowest BCUT2D eigenvalue weighted by Gasteiger charge is -2.63. The van der Waals surface area contributed by atoms with Gasteiger partial charge in [-0.3, -0.25) is 9.89 Å². The molecule has 6 nitrogen and oxygen atoms in total. The Hall–Kier alpha value is -0.120. The molecule has 2 aliphatic heterocycles. The van der Waals surface area contributed by atoms with Crippen molar-refractivity contribution in [3.8, 4) is 0 Å². The SMILES string of the molecule is CCNC(=NCC(C)N1CCOCC1)NC1C2CCOC2C12CCC2.I. The van der Waals surface area contributed by atoms with Crippen molar-refractivity contribution in [1.29, 1.82) is 0 Å². The van der Waals surface area contributed by atoms with Gasteiger partial charge in [0.15, 0.2) is 5.96 Å². The number of nitrogens with zero attached hydrogens (tertiary/aromatic N) is 2. The van der Waals surface area contributed by atoms with Crippen LogP contribution in [-0.2, 0) is 9.47 Å². The summed E-state index contributed by atoms with van der Waals surface area (Å²) >= 11 is 0. The van der Waals surface area contributed by atoms with Gasteiger partial charge in [0, 0.05) is 49.7 Å². The maximum absolute atomic E-state index is 6.04. The molecule has 150 valence electrons. The third-order valence-electron chi connectivity index (χ3n) is 6.86. The first-order valence-corrected chi connectivity index (χ1v) is 10.2. The number of guanidine groups is 1. The van der Waals surface area contributed by atoms with Crippen molar-refractivity contribution in [2.45, 2.75) is 57.7 Å². The predicted molar refractivity (Wildman–Crippen MR) is 114 cm³/mol. The lowest BCUT2D eigenvalue weighted by molar-refractivity contribution is -0.171. The Morgan fingerprint density at radius 1 is 1.27 bits per heavy atom. The Bertz CT molecular complexity index is 494. The van der Waals surface area contributed by atoms with E-state index < -0.39 is 0 Å². The van der Waals surface area contributed by atoms with Crippen molar-refractivity contribution in [3.63, 3.8) is 0 Å². The van der Waals surface area contributed by atoms with Crippen LogP contribution in [0.1, 0.15) is 39.5 Å². The van der Waals surface area contributed by atoms with E-state index in [1.807, 2.05) is 0 Å². The molecule has 0 radical (unpaired) electrons. The lowest BCUT2D eigenvalue weighted by atomic mass is 9.46. The summed E-state index contributed by atoms with van der Waals surface area (Å²) in [5.74, 6) is 1.67. The van der Waals surface area contributed by atoms with Gasteiger partial charge in [-0.1, -0.05) is 6.42 Å². The average Bonchev–Trinajstić information content (AvgIpc) is 3.01.